The molecule has 0 atom stereocenters. The van der Waals surface area contributed by atoms with E-state index < -0.39 is 5.91 Å². The van der Waals surface area contributed by atoms with Crippen molar-refractivity contribution in [1.82, 2.24) is 15.0 Å². The number of piperidine rings is 1. The zero-order valence-corrected chi connectivity index (χ0v) is 17.7. The number of hydrogen-bond acceptors (Lipinski definition) is 6. The summed E-state index contributed by atoms with van der Waals surface area (Å²) < 4.78 is 18.2. The second kappa shape index (κ2) is 9.17. The Morgan fingerprint density at radius 2 is 1.91 bits per heavy atom. The van der Waals surface area contributed by atoms with E-state index in [2.05, 4.69) is 15.5 Å². The zero-order chi connectivity index (χ0) is 22.7. The van der Waals surface area contributed by atoms with Crippen LogP contribution in [0.3, 0.4) is 0 Å². The molecule has 0 spiro atoms. The first kappa shape index (κ1) is 21.5. The first-order valence-corrected chi connectivity index (χ1v) is 10.5. The van der Waals surface area contributed by atoms with E-state index in [1.807, 2.05) is 6.92 Å². The first-order valence-electron chi connectivity index (χ1n) is 10.5. The van der Waals surface area contributed by atoms with Crippen LogP contribution in [0.15, 0.2) is 47.0 Å². The average molecular weight is 437 g/mol. The lowest BCUT2D eigenvalue weighted by molar-refractivity contribution is 0.0669. The molecule has 0 bridgehead atoms. The molecule has 3 aromatic rings. The van der Waals surface area contributed by atoms with Gasteiger partial charge in [-0.1, -0.05) is 12.1 Å². The van der Waals surface area contributed by atoms with Gasteiger partial charge in [0, 0.05) is 36.5 Å². The second-order valence-electron chi connectivity index (χ2n) is 7.73. The fraction of sp³-hybridized carbons (Fsp3) is 0.304. The fourth-order valence-corrected chi connectivity index (χ4v) is 3.76. The van der Waals surface area contributed by atoms with Crippen molar-refractivity contribution in [1.29, 1.82) is 0 Å². The number of amides is 2. The van der Waals surface area contributed by atoms with Gasteiger partial charge in [-0.25, -0.2) is 9.37 Å². The Hall–Kier alpha value is -3.75. The molecule has 1 fully saturated rings. The van der Waals surface area contributed by atoms with Crippen LogP contribution in [0.4, 0.5) is 15.9 Å². The fourth-order valence-electron chi connectivity index (χ4n) is 3.76. The third-order valence-electron chi connectivity index (χ3n) is 5.63. The van der Waals surface area contributed by atoms with Gasteiger partial charge in [-0.2, -0.15) is 0 Å². The minimum Gasteiger partial charge on any atom is -0.383 e. The number of likely N-dealkylation sites (tertiary alicyclic amines) is 1. The van der Waals surface area contributed by atoms with Gasteiger partial charge in [0.15, 0.2) is 0 Å². The highest BCUT2D eigenvalue weighted by Crippen LogP contribution is 2.29. The maximum atomic E-state index is 13.0. The second-order valence-corrected chi connectivity index (χ2v) is 7.73. The van der Waals surface area contributed by atoms with Crippen LogP contribution in [0.2, 0.25) is 0 Å². The minimum atomic E-state index is -0.410. The van der Waals surface area contributed by atoms with Gasteiger partial charge >= 0.3 is 0 Å². The molecular formula is C23H24FN5O3. The van der Waals surface area contributed by atoms with E-state index in [9.17, 15) is 14.0 Å². The lowest BCUT2D eigenvalue weighted by Gasteiger charge is -2.31. The number of aromatic nitrogens is 2. The summed E-state index contributed by atoms with van der Waals surface area (Å²) in [5, 5.41) is 6.56. The quantitative estimate of drug-likeness (QED) is 0.630. The van der Waals surface area contributed by atoms with Gasteiger partial charge in [-0.3, -0.25) is 9.59 Å². The molecule has 0 radical (unpaired) electrons. The average Bonchev–Trinajstić information content (AvgIpc) is 3.29. The Bertz CT molecular complexity index is 1120. The van der Waals surface area contributed by atoms with Crippen LogP contribution in [-0.4, -0.2) is 39.9 Å². The molecule has 1 aromatic carbocycles. The van der Waals surface area contributed by atoms with E-state index in [-0.39, 0.29) is 34.8 Å². The predicted molar refractivity (Wildman–Crippen MR) is 117 cm³/mol. The lowest BCUT2D eigenvalue weighted by Crippen LogP contribution is -2.38. The molecule has 8 nitrogen and oxygen atoms in total. The number of hydrogen-bond donors (Lipinski definition) is 2. The third-order valence-corrected chi connectivity index (χ3v) is 5.63. The van der Waals surface area contributed by atoms with Crippen molar-refractivity contribution in [3.63, 3.8) is 0 Å². The van der Waals surface area contributed by atoms with E-state index in [0.717, 1.165) is 24.2 Å². The van der Waals surface area contributed by atoms with Crippen molar-refractivity contribution in [3.05, 3.63) is 71.0 Å². The number of halogens is 1. The lowest BCUT2D eigenvalue weighted by atomic mass is 9.92. The molecule has 2 aromatic heterocycles. The van der Waals surface area contributed by atoms with Gasteiger partial charge in [-0.15, -0.1) is 0 Å². The number of nitrogen functional groups attached to an aromatic ring is 1. The van der Waals surface area contributed by atoms with E-state index >= 15 is 0 Å². The van der Waals surface area contributed by atoms with Crippen molar-refractivity contribution in [2.75, 3.05) is 24.1 Å². The van der Waals surface area contributed by atoms with Crippen molar-refractivity contribution in [2.24, 2.45) is 0 Å². The predicted octanol–water partition coefficient (Wildman–Crippen LogP) is 3.63. The Labute approximate surface area is 184 Å². The largest absolute Gasteiger partial charge is 0.383 e. The van der Waals surface area contributed by atoms with Crippen LogP contribution in [0.5, 0.6) is 0 Å². The molecule has 3 heterocycles. The molecule has 1 aliphatic heterocycles. The molecule has 1 aliphatic rings. The van der Waals surface area contributed by atoms with Crippen molar-refractivity contribution < 1.29 is 18.5 Å². The van der Waals surface area contributed by atoms with Gasteiger partial charge in [-0.05, 0) is 55.7 Å². The number of nitrogens with two attached hydrogens (primary N) is 1. The van der Waals surface area contributed by atoms with Crippen LogP contribution in [0.1, 0.15) is 58.0 Å². The summed E-state index contributed by atoms with van der Waals surface area (Å²) in [5.41, 5.74) is 8.33. The Morgan fingerprint density at radius 1 is 1.19 bits per heavy atom. The van der Waals surface area contributed by atoms with Crippen LogP contribution < -0.4 is 11.1 Å². The number of rotatable bonds is 5. The Morgan fingerprint density at radius 3 is 2.53 bits per heavy atom. The number of pyridine rings is 1. The van der Waals surface area contributed by atoms with E-state index in [1.54, 1.807) is 23.1 Å². The van der Waals surface area contributed by atoms with Gasteiger partial charge in [0.25, 0.3) is 11.8 Å². The van der Waals surface area contributed by atoms with Crippen LogP contribution >= 0.6 is 0 Å². The van der Waals surface area contributed by atoms with E-state index in [1.165, 1.54) is 24.3 Å². The highest BCUT2D eigenvalue weighted by Gasteiger charge is 2.28. The molecule has 3 N–H and O–H groups in total. The maximum Gasteiger partial charge on any atom is 0.292 e. The van der Waals surface area contributed by atoms with Crippen molar-refractivity contribution in [3.8, 4) is 0 Å². The molecule has 32 heavy (non-hydrogen) atoms. The van der Waals surface area contributed by atoms with Gasteiger partial charge in [0.05, 0.1) is 11.3 Å². The number of anilines is 2. The number of carbonyl (C=O) groups excluding carboxylic acids is 2. The number of benzene rings is 1. The minimum absolute atomic E-state index is 0.134. The van der Waals surface area contributed by atoms with Crippen molar-refractivity contribution >= 4 is 23.3 Å². The van der Waals surface area contributed by atoms with Crippen LogP contribution in [0.25, 0.3) is 0 Å². The van der Waals surface area contributed by atoms with Gasteiger partial charge in [0.2, 0.25) is 5.76 Å². The number of nitrogens with one attached hydrogen (secondary N) is 1. The zero-order valence-electron chi connectivity index (χ0n) is 17.7. The molecule has 4 rings (SSSR count). The smallest absolute Gasteiger partial charge is 0.292 e. The SMILES string of the molecule is CCc1cc(C(=O)N2CCC(c3ccc(C(=O)Nc4ccc(F)cc4)c(N)n3)CC2)on1. The monoisotopic (exact) mass is 437 g/mol. The number of carbonyl (C=O) groups is 2. The standard InChI is InChI=1S/C23H24FN5O3/c1-2-16-13-20(32-28-16)23(31)29-11-9-14(10-12-29)19-8-7-18(21(25)27-19)22(30)26-17-5-3-15(24)4-6-17/h3-8,13-14H,2,9-12H2,1H3,(H2,25,27)(H,26,30). The molecule has 0 aliphatic carbocycles. The summed E-state index contributed by atoms with van der Waals surface area (Å²) in [6.45, 7) is 3.09. The summed E-state index contributed by atoms with van der Waals surface area (Å²) >= 11 is 0. The molecule has 9 heteroatoms. The highest BCUT2D eigenvalue weighted by atomic mass is 19.1. The van der Waals surface area contributed by atoms with Crippen molar-refractivity contribution in [2.45, 2.75) is 32.1 Å². The summed E-state index contributed by atoms with van der Waals surface area (Å²) in [5.74, 6) is -0.416. The number of aryl methyl sites for hydroxylation is 1. The van der Waals surface area contributed by atoms with Gasteiger partial charge < -0.3 is 20.5 Å². The van der Waals surface area contributed by atoms with Crippen LogP contribution in [-0.2, 0) is 6.42 Å². The summed E-state index contributed by atoms with van der Waals surface area (Å²) in [6.07, 6.45) is 2.17. The molecule has 1 saturated heterocycles. The summed E-state index contributed by atoms with van der Waals surface area (Å²) in [7, 11) is 0. The summed E-state index contributed by atoms with van der Waals surface area (Å²) in [6, 6.07) is 10.6. The summed E-state index contributed by atoms with van der Waals surface area (Å²) in [4.78, 5) is 31.3. The highest BCUT2D eigenvalue weighted by molar-refractivity contribution is 6.07. The Balaban J connectivity index is 1.37. The van der Waals surface area contributed by atoms with E-state index in [0.29, 0.717) is 25.2 Å². The topological polar surface area (TPSA) is 114 Å². The Kier molecular flexibility index (Phi) is 6.16. The van der Waals surface area contributed by atoms with E-state index in [4.69, 9.17) is 10.3 Å². The number of nitrogens with zero attached hydrogens (tertiary/aromatic N) is 3. The molecule has 0 unspecified atom stereocenters. The molecule has 0 saturated carbocycles. The third kappa shape index (κ3) is 4.61. The maximum absolute atomic E-state index is 13.0. The van der Waals surface area contributed by atoms with Gasteiger partial charge in [0.1, 0.15) is 11.6 Å². The van der Waals surface area contributed by atoms with Crippen LogP contribution in [0, 0.1) is 5.82 Å². The molecule has 2 amide bonds. The normalized spacial score (nSPS) is 14.4. The molecular weight excluding hydrogens is 413 g/mol. The first-order chi connectivity index (χ1) is 15.4. The molecule has 166 valence electrons.